The molecular formula is C12H17N5O. The lowest BCUT2D eigenvalue weighted by Crippen LogP contribution is -2.12. The summed E-state index contributed by atoms with van der Waals surface area (Å²) in [7, 11) is 1.79. The summed E-state index contributed by atoms with van der Waals surface area (Å²) in [6.45, 7) is 5.92. The molecule has 0 saturated heterocycles. The van der Waals surface area contributed by atoms with E-state index in [9.17, 15) is 4.79 Å². The molecule has 1 amide bonds. The van der Waals surface area contributed by atoms with E-state index in [4.69, 9.17) is 0 Å². The van der Waals surface area contributed by atoms with Crippen LogP contribution in [0.15, 0.2) is 12.3 Å². The Morgan fingerprint density at radius 2 is 2.22 bits per heavy atom. The van der Waals surface area contributed by atoms with Crippen molar-refractivity contribution in [1.82, 2.24) is 20.0 Å². The van der Waals surface area contributed by atoms with Crippen molar-refractivity contribution in [3.8, 4) is 0 Å². The molecule has 2 aromatic heterocycles. The van der Waals surface area contributed by atoms with Crippen molar-refractivity contribution >= 4 is 11.7 Å². The molecular weight excluding hydrogens is 230 g/mol. The number of amides is 1. The van der Waals surface area contributed by atoms with Gasteiger partial charge in [-0.3, -0.25) is 14.6 Å². The highest BCUT2D eigenvalue weighted by molar-refractivity contribution is 6.04. The second-order valence-corrected chi connectivity index (χ2v) is 4.62. The molecule has 2 rings (SSSR count). The maximum Gasteiger partial charge on any atom is 0.260 e. The Morgan fingerprint density at radius 3 is 2.72 bits per heavy atom. The molecule has 0 spiro atoms. The average Bonchev–Trinajstić information content (AvgIpc) is 2.85. The first-order valence-electron chi connectivity index (χ1n) is 5.84. The molecule has 0 fully saturated rings. The van der Waals surface area contributed by atoms with Crippen molar-refractivity contribution < 1.29 is 4.79 Å². The Bertz CT molecular complexity index is 567. The second kappa shape index (κ2) is 4.64. The van der Waals surface area contributed by atoms with Gasteiger partial charge in [0, 0.05) is 25.0 Å². The fourth-order valence-corrected chi connectivity index (χ4v) is 1.70. The molecule has 0 radical (unpaired) electrons. The number of hydrogen-bond donors (Lipinski definition) is 2. The van der Waals surface area contributed by atoms with Crippen LogP contribution in [0.4, 0.5) is 5.82 Å². The Kier molecular flexibility index (Phi) is 3.18. The van der Waals surface area contributed by atoms with E-state index in [0.717, 1.165) is 5.69 Å². The zero-order chi connectivity index (χ0) is 13.3. The number of nitrogens with zero attached hydrogens (tertiary/aromatic N) is 3. The lowest BCUT2D eigenvalue weighted by molar-refractivity contribution is 0.102. The molecule has 2 aromatic rings. The first-order chi connectivity index (χ1) is 8.47. The molecule has 0 aliphatic carbocycles. The van der Waals surface area contributed by atoms with Crippen molar-refractivity contribution in [2.45, 2.75) is 26.7 Å². The lowest BCUT2D eigenvalue weighted by atomic mass is 10.1. The average molecular weight is 247 g/mol. The Balaban J connectivity index is 2.13. The topological polar surface area (TPSA) is 75.6 Å². The van der Waals surface area contributed by atoms with Gasteiger partial charge in [0.05, 0.1) is 11.3 Å². The summed E-state index contributed by atoms with van der Waals surface area (Å²) in [5.74, 6) is 0.692. The van der Waals surface area contributed by atoms with Crippen LogP contribution < -0.4 is 5.32 Å². The molecule has 6 heteroatoms. The van der Waals surface area contributed by atoms with Gasteiger partial charge in [-0.1, -0.05) is 13.8 Å². The number of aromatic amines is 1. The van der Waals surface area contributed by atoms with E-state index in [1.54, 1.807) is 24.9 Å². The first kappa shape index (κ1) is 12.3. The molecule has 0 bridgehead atoms. The number of rotatable bonds is 3. The normalized spacial score (nSPS) is 10.9. The van der Waals surface area contributed by atoms with Crippen LogP contribution in [0.2, 0.25) is 0 Å². The highest BCUT2D eigenvalue weighted by Gasteiger charge is 2.14. The number of hydrogen-bond acceptors (Lipinski definition) is 3. The lowest BCUT2D eigenvalue weighted by Gasteiger charge is -1.99. The molecule has 96 valence electrons. The van der Waals surface area contributed by atoms with Crippen LogP contribution in [0.5, 0.6) is 0 Å². The molecule has 6 nitrogen and oxygen atoms in total. The van der Waals surface area contributed by atoms with Gasteiger partial charge in [0.1, 0.15) is 0 Å². The van der Waals surface area contributed by atoms with E-state index in [0.29, 0.717) is 23.0 Å². The predicted octanol–water partition coefficient (Wildman–Crippen LogP) is 1.83. The molecule has 0 atom stereocenters. The number of aryl methyl sites for hydroxylation is 2. The summed E-state index contributed by atoms with van der Waals surface area (Å²) in [4.78, 5) is 12.0. The van der Waals surface area contributed by atoms with Crippen LogP contribution in [0.3, 0.4) is 0 Å². The van der Waals surface area contributed by atoms with Crippen molar-refractivity contribution in [2.75, 3.05) is 5.32 Å². The van der Waals surface area contributed by atoms with Gasteiger partial charge in [-0.2, -0.15) is 10.2 Å². The van der Waals surface area contributed by atoms with Crippen molar-refractivity contribution in [1.29, 1.82) is 0 Å². The number of aromatic nitrogens is 4. The Morgan fingerprint density at radius 1 is 1.50 bits per heavy atom. The van der Waals surface area contributed by atoms with Gasteiger partial charge >= 0.3 is 0 Å². The van der Waals surface area contributed by atoms with E-state index in [1.807, 2.05) is 6.07 Å². The second-order valence-electron chi connectivity index (χ2n) is 4.62. The molecule has 0 saturated carbocycles. The van der Waals surface area contributed by atoms with Crippen LogP contribution in [-0.4, -0.2) is 25.9 Å². The third-order valence-corrected chi connectivity index (χ3v) is 2.72. The SMILES string of the molecule is Cc1nn(C)cc1C(=O)Nc1cc(C(C)C)[nH]n1. The number of anilines is 1. The smallest absolute Gasteiger partial charge is 0.260 e. The predicted molar refractivity (Wildman–Crippen MR) is 68.6 cm³/mol. The molecule has 2 N–H and O–H groups in total. The number of nitrogens with one attached hydrogen (secondary N) is 2. The molecule has 0 aliphatic rings. The highest BCUT2D eigenvalue weighted by Crippen LogP contribution is 2.16. The Hall–Kier alpha value is -2.11. The van der Waals surface area contributed by atoms with E-state index in [-0.39, 0.29) is 5.91 Å². The maximum absolute atomic E-state index is 12.0. The van der Waals surface area contributed by atoms with E-state index < -0.39 is 0 Å². The zero-order valence-electron chi connectivity index (χ0n) is 11.0. The molecule has 2 heterocycles. The number of carbonyl (C=O) groups is 1. The van der Waals surface area contributed by atoms with Crippen LogP contribution in [0.25, 0.3) is 0 Å². The van der Waals surface area contributed by atoms with Gasteiger partial charge in [0.15, 0.2) is 5.82 Å². The minimum atomic E-state index is -0.192. The van der Waals surface area contributed by atoms with Gasteiger partial charge in [-0.05, 0) is 12.8 Å². The minimum absolute atomic E-state index is 0.192. The van der Waals surface area contributed by atoms with Crippen molar-refractivity contribution in [3.05, 3.63) is 29.2 Å². The minimum Gasteiger partial charge on any atom is -0.305 e. The summed E-state index contributed by atoms with van der Waals surface area (Å²) >= 11 is 0. The van der Waals surface area contributed by atoms with Gasteiger partial charge in [0.25, 0.3) is 5.91 Å². The van der Waals surface area contributed by atoms with Crippen molar-refractivity contribution in [3.63, 3.8) is 0 Å². The third kappa shape index (κ3) is 2.42. The fraction of sp³-hybridized carbons (Fsp3) is 0.417. The Labute approximate surface area is 105 Å². The zero-order valence-corrected chi connectivity index (χ0v) is 11.0. The highest BCUT2D eigenvalue weighted by atomic mass is 16.1. The van der Waals surface area contributed by atoms with Gasteiger partial charge < -0.3 is 5.32 Å². The quantitative estimate of drug-likeness (QED) is 0.868. The number of carbonyl (C=O) groups excluding carboxylic acids is 1. The standard InChI is InChI=1S/C12H17N5O/c1-7(2)10-5-11(15-14-10)13-12(18)9-6-17(4)16-8(9)3/h5-7H,1-4H3,(H2,13,14,15,18). The van der Waals surface area contributed by atoms with E-state index >= 15 is 0 Å². The first-order valence-corrected chi connectivity index (χ1v) is 5.84. The monoisotopic (exact) mass is 247 g/mol. The van der Waals surface area contributed by atoms with Gasteiger partial charge in [-0.25, -0.2) is 0 Å². The van der Waals surface area contributed by atoms with Gasteiger partial charge in [-0.15, -0.1) is 0 Å². The van der Waals surface area contributed by atoms with Crippen LogP contribution in [0.1, 0.15) is 41.5 Å². The van der Waals surface area contributed by atoms with E-state index in [2.05, 4.69) is 34.5 Å². The fourth-order valence-electron chi connectivity index (χ4n) is 1.70. The molecule has 0 aliphatic heterocycles. The van der Waals surface area contributed by atoms with Crippen LogP contribution in [-0.2, 0) is 7.05 Å². The van der Waals surface area contributed by atoms with Crippen molar-refractivity contribution in [2.24, 2.45) is 7.05 Å². The summed E-state index contributed by atoms with van der Waals surface area (Å²) in [6, 6.07) is 1.84. The van der Waals surface area contributed by atoms with Crippen LogP contribution in [0, 0.1) is 6.92 Å². The maximum atomic E-state index is 12.0. The summed E-state index contributed by atoms with van der Waals surface area (Å²) in [6.07, 6.45) is 1.70. The molecule has 0 unspecified atom stereocenters. The summed E-state index contributed by atoms with van der Waals surface area (Å²) in [5, 5.41) is 13.8. The third-order valence-electron chi connectivity index (χ3n) is 2.72. The largest absolute Gasteiger partial charge is 0.305 e. The summed E-state index contributed by atoms with van der Waals surface area (Å²) < 4.78 is 1.62. The number of H-pyrrole nitrogens is 1. The summed E-state index contributed by atoms with van der Waals surface area (Å²) in [5.41, 5.74) is 2.26. The van der Waals surface area contributed by atoms with Crippen LogP contribution >= 0.6 is 0 Å². The molecule has 18 heavy (non-hydrogen) atoms. The van der Waals surface area contributed by atoms with Gasteiger partial charge in [0.2, 0.25) is 0 Å². The molecule has 0 aromatic carbocycles. The van der Waals surface area contributed by atoms with E-state index in [1.165, 1.54) is 0 Å².